The van der Waals surface area contributed by atoms with Crippen molar-refractivity contribution in [3.8, 4) is 11.5 Å². The van der Waals surface area contributed by atoms with E-state index in [0.717, 1.165) is 54.0 Å². The van der Waals surface area contributed by atoms with Crippen LogP contribution in [0.25, 0.3) is 10.9 Å². The average molecular weight is 669 g/mol. The van der Waals surface area contributed by atoms with E-state index >= 15 is 0 Å². The molecule has 5 fully saturated rings. The quantitative estimate of drug-likeness (QED) is 0.225. The highest BCUT2D eigenvalue weighted by Gasteiger charge is 2.48. The normalized spacial score (nSPS) is 24.5. The van der Waals surface area contributed by atoms with Gasteiger partial charge in [-0.05, 0) is 111 Å². The standard InChI is InChI=1S/C40H52N4O5/c1-25-15-34(48-2)39(35(16-25)49-3)44(24-26-9-5-4-6-10-26)37(46)23-41-40(47)33-22-29-11-7-8-12-32(29)43(33)14-13-36(45)42-38-30-18-27-17-28(20-30)21-31(38)19-27/h7-8,11-12,15-16,22,26-28,30-31,38H,4-6,9-10,13-14,17-21,23-24H2,1-3H3,(H,41,47)(H,42,45). The maximum absolute atomic E-state index is 14.1. The molecule has 0 aliphatic heterocycles. The van der Waals surface area contributed by atoms with Crippen molar-refractivity contribution in [2.24, 2.45) is 29.6 Å². The second kappa shape index (κ2) is 14.5. The van der Waals surface area contributed by atoms with Gasteiger partial charge in [0.15, 0.2) is 0 Å². The summed E-state index contributed by atoms with van der Waals surface area (Å²) >= 11 is 0. The smallest absolute Gasteiger partial charge is 0.268 e. The Morgan fingerprint density at radius 2 is 1.53 bits per heavy atom. The monoisotopic (exact) mass is 668 g/mol. The molecule has 5 aliphatic rings. The minimum absolute atomic E-state index is 0.0520. The lowest BCUT2D eigenvalue weighted by atomic mass is 9.54. The van der Waals surface area contributed by atoms with Crippen LogP contribution in [0, 0.1) is 36.5 Å². The molecule has 0 spiro atoms. The number of aromatic nitrogens is 1. The van der Waals surface area contributed by atoms with Crippen LogP contribution in [0.4, 0.5) is 5.69 Å². The first-order valence-electron chi connectivity index (χ1n) is 18.5. The SMILES string of the molecule is COc1cc(C)cc(OC)c1N(CC1CCCCC1)C(=O)CNC(=O)c1cc2ccccc2n1CCC(=O)NC1C2CC3CC(C2)CC1C3. The number of methoxy groups -OCH3 is 2. The third kappa shape index (κ3) is 7.04. The third-order valence-electron chi connectivity index (χ3n) is 11.9. The van der Waals surface area contributed by atoms with Crippen molar-refractivity contribution in [1.82, 2.24) is 15.2 Å². The molecule has 1 heterocycles. The number of hydrogen-bond acceptors (Lipinski definition) is 5. The zero-order valence-corrected chi connectivity index (χ0v) is 29.3. The van der Waals surface area contributed by atoms with Gasteiger partial charge in [0.05, 0.1) is 20.8 Å². The Bertz CT molecular complexity index is 1640. The minimum Gasteiger partial charge on any atom is -0.494 e. The number of amides is 3. The summed E-state index contributed by atoms with van der Waals surface area (Å²) in [6.07, 6.45) is 12.3. The summed E-state index contributed by atoms with van der Waals surface area (Å²) in [6.45, 7) is 2.70. The largest absolute Gasteiger partial charge is 0.494 e. The summed E-state index contributed by atoms with van der Waals surface area (Å²) in [6, 6.07) is 13.8. The van der Waals surface area contributed by atoms with Gasteiger partial charge in [-0.25, -0.2) is 0 Å². The van der Waals surface area contributed by atoms with Crippen LogP contribution < -0.4 is 25.0 Å². The molecule has 262 valence electrons. The third-order valence-corrected chi connectivity index (χ3v) is 11.9. The fourth-order valence-corrected chi connectivity index (χ4v) is 9.85. The molecule has 4 bridgehead atoms. The maximum atomic E-state index is 14.1. The molecule has 5 aliphatic carbocycles. The average Bonchev–Trinajstić information content (AvgIpc) is 3.48. The number of carbonyl (C=O) groups excluding carboxylic acids is 3. The van der Waals surface area contributed by atoms with Crippen molar-refractivity contribution in [3.63, 3.8) is 0 Å². The molecule has 8 rings (SSSR count). The highest BCUT2D eigenvalue weighted by Crippen LogP contribution is 2.53. The zero-order chi connectivity index (χ0) is 34.1. The lowest BCUT2D eigenvalue weighted by Gasteiger charge is -2.54. The van der Waals surface area contributed by atoms with Gasteiger partial charge < -0.3 is 29.6 Å². The first-order chi connectivity index (χ1) is 23.8. The van der Waals surface area contributed by atoms with Gasteiger partial charge in [-0.15, -0.1) is 0 Å². The summed E-state index contributed by atoms with van der Waals surface area (Å²) in [5, 5.41) is 7.27. The Kier molecular flexibility index (Phi) is 9.88. The van der Waals surface area contributed by atoms with E-state index in [-0.39, 0.29) is 30.3 Å². The van der Waals surface area contributed by atoms with E-state index in [1.54, 1.807) is 19.1 Å². The molecule has 3 amide bonds. The molecule has 9 nitrogen and oxygen atoms in total. The molecule has 5 saturated carbocycles. The molecule has 2 N–H and O–H groups in total. The van der Waals surface area contributed by atoms with Crippen LogP contribution in [0.15, 0.2) is 42.5 Å². The van der Waals surface area contributed by atoms with Gasteiger partial charge in [0.1, 0.15) is 22.9 Å². The number of hydrogen-bond donors (Lipinski definition) is 2. The number of aryl methyl sites for hydroxylation is 2. The number of rotatable bonds is 12. The Morgan fingerprint density at radius 1 is 0.878 bits per heavy atom. The number of nitrogens with one attached hydrogen (secondary N) is 2. The Morgan fingerprint density at radius 3 is 2.18 bits per heavy atom. The van der Waals surface area contributed by atoms with Crippen molar-refractivity contribution in [1.29, 1.82) is 0 Å². The van der Waals surface area contributed by atoms with Crippen LogP contribution >= 0.6 is 0 Å². The number of ether oxygens (including phenoxy) is 2. The van der Waals surface area contributed by atoms with E-state index < -0.39 is 0 Å². The highest BCUT2D eigenvalue weighted by molar-refractivity contribution is 6.03. The molecule has 1 aromatic heterocycles. The maximum Gasteiger partial charge on any atom is 0.268 e. The molecule has 49 heavy (non-hydrogen) atoms. The van der Waals surface area contributed by atoms with E-state index in [0.29, 0.717) is 60.1 Å². The second-order valence-corrected chi connectivity index (χ2v) is 15.2. The summed E-state index contributed by atoms with van der Waals surface area (Å²) in [7, 11) is 3.20. The van der Waals surface area contributed by atoms with E-state index in [4.69, 9.17) is 9.47 Å². The van der Waals surface area contributed by atoms with Crippen LogP contribution in [0.5, 0.6) is 11.5 Å². The fourth-order valence-electron chi connectivity index (χ4n) is 9.85. The van der Waals surface area contributed by atoms with E-state index in [2.05, 4.69) is 10.6 Å². The van der Waals surface area contributed by atoms with Crippen LogP contribution in [-0.4, -0.2) is 55.6 Å². The molecular weight excluding hydrogens is 616 g/mol. The van der Waals surface area contributed by atoms with Crippen LogP contribution in [0.1, 0.15) is 86.7 Å². The van der Waals surface area contributed by atoms with Gasteiger partial charge in [0.25, 0.3) is 5.91 Å². The Labute approximate surface area is 290 Å². The lowest BCUT2D eigenvalue weighted by Crippen LogP contribution is -2.55. The number of para-hydroxylation sites is 1. The van der Waals surface area contributed by atoms with Crippen molar-refractivity contribution < 1.29 is 23.9 Å². The second-order valence-electron chi connectivity index (χ2n) is 15.2. The van der Waals surface area contributed by atoms with Gasteiger partial charge in [-0.1, -0.05) is 37.5 Å². The minimum atomic E-state index is -0.341. The number of nitrogens with zero attached hydrogens (tertiary/aromatic N) is 2. The Balaban J connectivity index is 1.06. The van der Waals surface area contributed by atoms with Gasteiger partial charge in [0, 0.05) is 36.5 Å². The summed E-state index contributed by atoms with van der Waals surface area (Å²) < 4.78 is 13.4. The van der Waals surface area contributed by atoms with Gasteiger partial charge in [0.2, 0.25) is 11.8 Å². The number of anilines is 1. The van der Waals surface area contributed by atoms with Crippen molar-refractivity contribution in [2.45, 2.75) is 90.1 Å². The summed E-state index contributed by atoms with van der Waals surface area (Å²) in [5.74, 6) is 3.92. The fraction of sp³-hybridized carbons (Fsp3) is 0.575. The predicted molar refractivity (Wildman–Crippen MR) is 191 cm³/mol. The number of benzene rings is 2. The van der Waals surface area contributed by atoms with Crippen LogP contribution in [0.3, 0.4) is 0 Å². The van der Waals surface area contributed by atoms with Gasteiger partial charge in [-0.2, -0.15) is 0 Å². The van der Waals surface area contributed by atoms with Crippen LogP contribution in [-0.2, 0) is 16.1 Å². The van der Waals surface area contributed by atoms with Crippen molar-refractivity contribution >= 4 is 34.3 Å². The van der Waals surface area contributed by atoms with E-state index in [1.165, 1.54) is 38.5 Å². The molecule has 0 radical (unpaired) electrons. The van der Waals surface area contributed by atoms with Crippen molar-refractivity contribution in [3.05, 3.63) is 53.7 Å². The molecule has 0 atom stereocenters. The number of carbonyl (C=O) groups is 3. The zero-order valence-electron chi connectivity index (χ0n) is 29.3. The van der Waals surface area contributed by atoms with Crippen LogP contribution in [0.2, 0.25) is 0 Å². The lowest BCUT2D eigenvalue weighted by molar-refractivity contribution is -0.125. The Hall–Kier alpha value is -4.01. The van der Waals surface area contributed by atoms with Gasteiger partial charge >= 0.3 is 0 Å². The molecule has 0 unspecified atom stereocenters. The first kappa shape index (κ1) is 33.5. The highest BCUT2D eigenvalue weighted by atomic mass is 16.5. The summed E-state index contributed by atoms with van der Waals surface area (Å²) in [5.41, 5.74) is 2.91. The molecule has 2 aromatic carbocycles. The molecule has 9 heteroatoms. The van der Waals surface area contributed by atoms with E-state index in [1.807, 2.05) is 54.0 Å². The predicted octanol–water partition coefficient (Wildman–Crippen LogP) is 6.64. The molecular formula is C40H52N4O5. The summed E-state index contributed by atoms with van der Waals surface area (Å²) in [4.78, 5) is 43.1. The molecule has 3 aromatic rings. The first-order valence-corrected chi connectivity index (χ1v) is 18.5. The molecule has 0 saturated heterocycles. The van der Waals surface area contributed by atoms with E-state index in [9.17, 15) is 14.4 Å². The topological polar surface area (TPSA) is 102 Å². The van der Waals surface area contributed by atoms with Crippen molar-refractivity contribution in [2.75, 3.05) is 32.2 Å². The number of fused-ring (bicyclic) bond motifs is 1. The van der Waals surface area contributed by atoms with Gasteiger partial charge in [-0.3, -0.25) is 14.4 Å².